The number of hydrogen-bond acceptors (Lipinski definition) is 6. The zero-order valence-corrected chi connectivity index (χ0v) is 10.7. The first-order valence-corrected chi connectivity index (χ1v) is 6.06. The lowest BCUT2D eigenvalue weighted by atomic mass is 10.2. The van der Waals surface area contributed by atoms with Crippen LogP contribution in [0.25, 0.3) is 0 Å². The summed E-state index contributed by atoms with van der Waals surface area (Å²) in [7, 11) is 0. The van der Waals surface area contributed by atoms with Gasteiger partial charge in [-0.2, -0.15) is 15.0 Å². The monoisotopic (exact) mass is 239 g/mol. The van der Waals surface area contributed by atoms with Crippen molar-refractivity contribution in [1.82, 2.24) is 15.0 Å². The summed E-state index contributed by atoms with van der Waals surface area (Å²) in [6.07, 6.45) is 3.06. The van der Waals surface area contributed by atoms with Gasteiger partial charge in [-0.25, -0.2) is 0 Å². The van der Waals surface area contributed by atoms with Crippen molar-refractivity contribution in [1.29, 1.82) is 0 Å². The van der Waals surface area contributed by atoms with Gasteiger partial charge in [-0.3, -0.25) is 0 Å². The Bertz CT molecular complexity index is 345. The normalized spacial score (nSPS) is 12.2. The molecule has 1 atom stereocenters. The van der Waals surface area contributed by atoms with Gasteiger partial charge in [0.05, 0.1) is 6.61 Å². The van der Waals surface area contributed by atoms with Crippen LogP contribution in [0.1, 0.15) is 40.0 Å². The molecule has 0 saturated heterocycles. The van der Waals surface area contributed by atoms with Gasteiger partial charge in [0, 0.05) is 6.04 Å². The fraction of sp³-hybridized carbons (Fsp3) is 0.727. The highest BCUT2D eigenvalue weighted by molar-refractivity contribution is 5.33. The minimum absolute atomic E-state index is 0.178. The van der Waals surface area contributed by atoms with Crippen molar-refractivity contribution in [3.63, 3.8) is 0 Å². The zero-order valence-electron chi connectivity index (χ0n) is 10.7. The van der Waals surface area contributed by atoms with E-state index < -0.39 is 0 Å². The summed E-state index contributed by atoms with van der Waals surface area (Å²) in [6.45, 7) is 6.81. The molecule has 0 spiro atoms. The van der Waals surface area contributed by atoms with Gasteiger partial charge in [0.15, 0.2) is 0 Å². The molecule has 0 aliphatic heterocycles. The van der Waals surface area contributed by atoms with Crippen molar-refractivity contribution in [3.8, 4) is 6.01 Å². The quantitative estimate of drug-likeness (QED) is 0.755. The van der Waals surface area contributed by atoms with E-state index in [-0.39, 0.29) is 12.0 Å². The smallest absolute Gasteiger partial charge is 0.323 e. The second-order valence-corrected chi connectivity index (χ2v) is 3.98. The number of ether oxygens (including phenoxy) is 1. The Morgan fingerprint density at radius 3 is 2.65 bits per heavy atom. The SMILES string of the molecule is CCCOc1nc(N)nc(NC(C)CCC)n1. The van der Waals surface area contributed by atoms with Crippen molar-refractivity contribution in [2.24, 2.45) is 0 Å². The number of aromatic nitrogens is 3. The highest BCUT2D eigenvalue weighted by Crippen LogP contribution is 2.11. The molecular formula is C11H21N5O. The van der Waals surface area contributed by atoms with E-state index in [2.05, 4.69) is 34.1 Å². The van der Waals surface area contributed by atoms with Crippen LogP contribution in [0, 0.1) is 0 Å². The van der Waals surface area contributed by atoms with E-state index in [0.29, 0.717) is 18.6 Å². The number of hydrogen-bond donors (Lipinski definition) is 2. The van der Waals surface area contributed by atoms with Crippen LogP contribution in [-0.4, -0.2) is 27.6 Å². The molecule has 17 heavy (non-hydrogen) atoms. The molecule has 6 heteroatoms. The second-order valence-electron chi connectivity index (χ2n) is 3.98. The molecule has 0 radical (unpaired) electrons. The van der Waals surface area contributed by atoms with Crippen LogP contribution >= 0.6 is 0 Å². The molecule has 0 fully saturated rings. The number of nitrogens with zero attached hydrogens (tertiary/aromatic N) is 3. The molecule has 1 aromatic heterocycles. The van der Waals surface area contributed by atoms with Gasteiger partial charge < -0.3 is 15.8 Å². The maximum absolute atomic E-state index is 5.60. The van der Waals surface area contributed by atoms with E-state index in [0.717, 1.165) is 19.3 Å². The number of rotatable bonds is 7. The second kappa shape index (κ2) is 6.88. The molecule has 0 bridgehead atoms. The highest BCUT2D eigenvalue weighted by Gasteiger charge is 2.07. The summed E-state index contributed by atoms with van der Waals surface area (Å²) in [5.74, 6) is 0.654. The molecule has 1 unspecified atom stereocenters. The van der Waals surface area contributed by atoms with Gasteiger partial charge >= 0.3 is 6.01 Å². The Kier molecular flexibility index (Phi) is 5.45. The van der Waals surface area contributed by atoms with E-state index >= 15 is 0 Å². The number of anilines is 2. The molecule has 0 aromatic carbocycles. The van der Waals surface area contributed by atoms with Crippen LogP contribution in [-0.2, 0) is 0 Å². The van der Waals surface area contributed by atoms with Gasteiger partial charge in [-0.1, -0.05) is 20.3 Å². The fourth-order valence-electron chi connectivity index (χ4n) is 1.42. The first-order chi connectivity index (χ1) is 8.15. The standard InChI is InChI=1S/C11H21N5O/c1-4-6-8(3)13-10-14-9(12)15-11(16-10)17-7-5-2/h8H,4-7H2,1-3H3,(H3,12,13,14,15,16). The van der Waals surface area contributed by atoms with Crippen molar-refractivity contribution >= 4 is 11.9 Å². The Morgan fingerprint density at radius 2 is 2.00 bits per heavy atom. The Labute approximate surface area is 102 Å². The van der Waals surface area contributed by atoms with Gasteiger partial charge in [-0.05, 0) is 19.8 Å². The molecule has 3 N–H and O–H groups in total. The van der Waals surface area contributed by atoms with Crippen molar-refractivity contribution in [2.45, 2.75) is 46.1 Å². The minimum Gasteiger partial charge on any atom is -0.463 e. The van der Waals surface area contributed by atoms with E-state index in [1.807, 2.05) is 6.92 Å². The average molecular weight is 239 g/mol. The fourth-order valence-corrected chi connectivity index (χ4v) is 1.42. The topological polar surface area (TPSA) is 86.0 Å². The molecule has 0 aliphatic rings. The first kappa shape index (κ1) is 13.5. The highest BCUT2D eigenvalue weighted by atomic mass is 16.5. The van der Waals surface area contributed by atoms with Crippen molar-refractivity contribution < 1.29 is 4.74 Å². The predicted octanol–water partition coefficient (Wildman–Crippen LogP) is 1.84. The molecule has 0 amide bonds. The van der Waals surface area contributed by atoms with Gasteiger partial charge in [0.2, 0.25) is 11.9 Å². The zero-order chi connectivity index (χ0) is 12.7. The lowest BCUT2D eigenvalue weighted by Crippen LogP contribution is -2.18. The molecular weight excluding hydrogens is 218 g/mol. The lowest BCUT2D eigenvalue weighted by molar-refractivity contribution is 0.292. The van der Waals surface area contributed by atoms with E-state index in [1.54, 1.807) is 0 Å². The third-order valence-corrected chi connectivity index (χ3v) is 2.16. The van der Waals surface area contributed by atoms with E-state index in [1.165, 1.54) is 0 Å². The average Bonchev–Trinajstić information content (AvgIpc) is 2.25. The summed E-state index contributed by atoms with van der Waals surface area (Å²) in [5, 5.41) is 3.18. The molecule has 96 valence electrons. The first-order valence-electron chi connectivity index (χ1n) is 6.06. The van der Waals surface area contributed by atoms with E-state index in [9.17, 15) is 0 Å². The van der Waals surface area contributed by atoms with E-state index in [4.69, 9.17) is 10.5 Å². The van der Waals surface area contributed by atoms with Gasteiger partial charge in [-0.15, -0.1) is 0 Å². The number of nitrogens with one attached hydrogen (secondary N) is 1. The van der Waals surface area contributed by atoms with Crippen LogP contribution in [0.2, 0.25) is 0 Å². The van der Waals surface area contributed by atoms with Gasteiger partial charge in [0.25, 0.3) is 0 Å². The maximum Gasteiger partial charge on any atom is 0.323 e. The lowest BCUT2D eigenvalue weighted by Gasteiger charge is -2.13. The summed E-state index contributed by atoms with van der Waals surface area (Å²) in [4.78, 5) is 12.1. The summed E-state index contributed by atoms with van der Waals surface area (Å²) in [6, 6.07) is 0.589. The Balaban J connectivity index is 2.67. The molecule has 6 nitrogen and oxygen atoms in total. The largest absolute Gasteiger partial charge is 0.463 e. The van der Waals surface area contributed by atoms with Crippen LogP contribution in [0.15, 0.2) is 0 Å². The molecule has 1 rings (SSSR count). The van der Waals surface area contributed by atoms with Crippen LogP contribution in [0.5, 0.6) is 6.01 Å². The van der Waals surface area contributed by atoms with Crippen LogP contribution in [0.3, 0.4) is 0 Å². The molecule has 1 aromatic rings. The summed E-state index contributed by atoms with van der Waals surface area (Å²) >= 11 is 0. The third-order valence-electron chi connectivity index (χ3n) is 2.16. The maximum atomic E-state index is 5.60. The third kappa shape index (κ3) is 4.84. The molecule has 0 aliphatic carbocycles. The Morgan fingerprint density at radius 1 is 1.24 bits per heavy atom. The molecule has 0 saturated carbocycles. The minimum atomic E-state index is 0.178. The molecule has 1 heterocycles. The van der Waals surface area contributed by atoms with Crippen LogP contribution < -0.4 is 15.8 Å². The number of nitrogen functional groups attached to an aromatic ring is 1. The summed E-state index contributed by atoms with van der Waals surface area (Å²) in [5.41, 5.74) is 5.60. The Hall–Kier alpha value is -1.59. The number of nitrogens with two attached hydrogens (primary N) is 1. The van der Waals surface area contributed by atoms with Crippen molar-refractivity contribution in [3.05, 3.63) is 0 Å². The van der Waals surface area contributed by atoms with Gasteiger partial charge in [0.1, 0.15) is 0 Å². The summed E-state index contributed by atoms with van der Waals surface area (Å²) < 4.78 is 5.34. The predicted molar refractivity (Wildman–Crippen MR) is 68.0 cm³/mol. The van der Waals surface area contributed by atoms with Crippen LogP contribution in [0.4, 0.5) is 11.9 Å². The van der Waals surface area contributed by atoms with Crippen molar-refractivity contribution in [2.75, 3.05) is 17.7 Å².